The van der Waals surface area contributed by atoms with Crippen molar-refractivity contribution in [1.29, 1.82) is 0 Å². The monoisotopic (exact) mass is 353 g/mol. The third kappa shape index (κ3) is 3.24. The van der Waals surface area contributed by atoms with E-state index >= 15 is 0 Å². The lowest BCUT2D eigenvalue weighted by Gasteiger charge is -2.58. The molecule has 0 unspecified atom stereocenters. The number of urea groups is 1. The van der Waals surface area contributed by atoms with Crippen LogP contribution < -0.4 is 5.32 Å². The van der Waals surface area contributed by atoms with Crippen LogP contribution in [0.25, 0.3) is 0 Å². The number of rotatable bonds is 3. The average molecular weight is 354 g/mol. The van der Waals surface area contributed by atoms with Gasteiger partial charge in [-0.05, 0) is 73.8 Å². The fourth-order valence-electron chi connectivity index (χ4n) is 6.79. The summed E-state index contributed by atoms with van der Waals surface area (Å²) in [6, 6.07) is 9.82. The van der Waals surface area contributed by atoms with E-state index in [0.29, 0.717) is 5.41 Å². The maximum Gasteiger partial charge on any atom is 0.321 e. The summed E-state index contributed by atoms with van der Waals surface area (Å²) in [5.41, 5.74) is 1.50. The first-order valence-electron chi connectivity index (χ1n) is 10.5. The van der Waals surface area contributed by atoms with Gasteiger partial charge in [0.15, 0.2) is 0 Å². The number of carbonyl (C=O) groups is 1. The summed E-state index contributed by atoms with van der Waals surface area (Å²) in [6.45, 7) is 5.05. The molecule has 140 valence electrons. The highest BCUT2D eigenvalue weighted by Gasteiger charge is 2.51. The molecule has 6 rings (SSSR count). The van der Waals surface area contributed by atoms with Crippen molar-refractivity contribution in [3.63, 3.8) is 0 Å². The number of piperazine rings is 1. The molecule has 2 amide bonds. The SMILES string of the molecule is O=C(Nc1ccccc1)N1CCN(CC23CC4CC(CC(C4)C2)C3)CC1. The van der Waals surface area contributed by atoms with Crippen LogP contribution in [0.2, 0.25) is 0 Å². The Morgan fingerprint density at radius 3 is 2.08 bits per heavy atom. The maximum absolute atomic E-state index is 12.5. The predicted octanol–water partition coefficient (Wildman–Crippen LogP) is 4.05. The largest absolute Gasteiger partial charge is 0.322 e. The van der Waals surface area contributed by atoms with Crippen LogP contribution >= 0.6 is 0 Å². The summed E-state index contributed by atoms with van der Waals surface area (Å²) < 4.78 is 0. The zero-order valence-corrected chi connectivity index (χ0v) is 15.7. The first-order valence-corrected chi connectivity index (χ1v) is 10.5. The highest BCUT2D eigenvalue weighted by molar-refractivity contribution is 5.89. The van der Waals surface area contributed by atoms with Gasteiger partial charge in [0.2, 0.25) is 0 Å². The summed E-state index contributed by atoms with van der Waals surface area (Å²) in [5.74, 6) is 3.08. The van der Waals surface area contributed by atoms with Crippen LogP contribution in [0.4, 0.5) is 10.5 Å². The van der Waals surface area contributed by atoms with E-state index in [0.717, 1.165) is 49.6 Å². The first-order chi connectivity index (χ1) is 12.7. The Kier molecular flexibility index (Phi) is 4.19. The van der Waals surface area contributed by atoms with Crippen molar-refractivity contribution in [3.05, 3.63) is 30.3 Å². The van der Waals surface area contributed by atoms with E-state index in [1.165, 1.54) is 45.1 Å². The van der Waals surface area contributed by atoms with Gasteiger partial charge < -0.3 is 10.2 Å². The van der Waals surface area contributed by atoms with Gasteiger partial charge in [0, 0.05) is 38.4 Å². The van der Waals surface area contributed by atoms with Gasteiger partial charge in [-0.2, -0.15) is 0 Å². The Bertz CT molecular complexity index is 615. The van der Waals surface area contributed by atoms with Crippen LogP contribution in [-0.4, -0.2) is 48.6 Å². The molecule has 4 saturated carbocycles. The molecule has 4 heteroatoms. The average Bonchev–Trinajstić information content (AvgIpc) is 2.61. The standard InChI is InChI=1S/C22H31N3O/c26-21(23-20-4-2-1-3-5-20)25-8-6-24(7-9-25)16-22-13-17-10-18(14-22)12-19(11-17)15-22/h1-5,17-19H,6-16H2,(H,23,26). The predicted molar refractivity (Wildman–Crippen MR) is 104 cm³/mol. The number of nitrogens with one attached hydrogen (secondary N) is 1. The minimum Gasteiger partial charge on any atom is -0.322 e. The lowest BCUT2D eigenvalue weighted by atomic mass is 9.49. The van der Waals surface area contributed by atoms with E-state index in [-0.39, 0.29) is 6.03 Å². The smallest absolute Gasteiger partial charge is 0.321 e. The van der Waals surface area contributed by atoms with Gasteiger partial charge >= 0.3 is 6.03 Å². The van der Waals surface area contributed by atoms with Crippen molar-refractivity contribution in [2.24, 2.45) is 23.2 Å². The van der Waals surface area contributed by atoms with Crippen LogP contribution in [0.5, 0.6) is 0 Å². The highest BCUT2D eigenvalue weighted by Crippen LogP contribution is 2.60. The third-order valence-electron chi connectivity index (χ3n) is 7.41. The topological polar surface area (TPSA) is 35.6 Å². The number of nitrogens with zero attached hydrogens (tertiary/aromatic N) is 2. The second kappa shape index (κ2) is 6.56. The molecule has 4 nitrogen and oxygen atoms in total. The van der Waals surface area contributed by atoms with Gasteiger partial charge in [-0.25, -0.2) is 4.79 Å². The van der Waals surface area contributed by atoms with E-state index in [1.807, 2.05) is 35.2 Å². The molecule has 4 aliphatic carbocycles. The Labute approximate surface area is 156 Å². The van der Waals surface area contributed by atoms with E-state index in [2.05, 4.69) is 10.2 Å². The lowest BCUT2D eigenvalue weighted by Crippen LogP contribution is -2.56. The normalized spacial score (nSPS) is 36.3. The fraction of sp³-hybridized carbons (Fsp3) is 0.682. The third-order valence-corrected chi connectivity index (χ3v) is 7.41. The Hall–Kier alpha value is -1.55. The van der Waals surface area contributed by atoms with Crippen molar-refractivity contribution in [3.8, 4) is 0 Å². The summed E-state index contributed by atoms with van der Waals surface area (Å²) in [6.07, 6.45) is 9.00. The second-order valence-electron chi connectivity index (χ2n) is 9.48. The number of para-hydroxylation sites is 1. The van der Waals surface area contributed by atoms with Crippen LogP contribution in [0.1, 0.15) is 38.5 Å². The van der Waals surface area contributed by atoms with Gasteiger partial charge in [-0.15, -0.1) is 0 Å². The van der Waals surface area contributed by atoms with E-state index < -0.39 is 0 Å². The van der Waals surface area contributed by atoms with E-state index in [4.69, 9.17) is 0 Å². The molecule has 4 bridgehead atoms. The summed E-state index contributed by atoms with van der Waals surface area (Å²) in [7, 11) is 0. The van der Waals surface area contributed by atoms with Crippen molar-refractivity contribution >= 4 is 11.7 Å². The minimum atomic E-state index is 0.0469. The molecule has 5 fully saturated rings. The molecule has 1 aliphatic heterocycles. The lowest BCUT2D eigenvalue weighted by molar-refractivity contribution is -0.0723. The molecule has 5 aliphatic rings. The van der Waals surface area contributed by atoms with Gasteiger partial charge in [0.05, 0.1) is 0 Å². The molecule has 1 aromatic rings. The second-order valence-corrected chi connectivity index (χ2v) is 9.48. The van der Waals surface area contributed by atoms with Gasteiger partial charge in [-0.3, -0.25) is 4.90 Å². The van der Waals surface area contributed by atoms with Gasteiger partial charge in [0.1, 0.15) is 0 Å². The molecular formula is C22H31N3O. The van der Waals surface area contributed by atoms with Crippen LogP contribution in [0, 0.1) is 23.2 Å². The van der Waals surface area contributed by atoms with E-state index in [9.17, 15) is 4.79 Å². The molecule has 1 heterocycles. The van der Waals surface area contributed by atoms with Crippen LogP contribution in [-0.2, 0) is 0 Å². The highest BCUT2D eigenvalue weighted by atomic mass is 16.2. The number of benzene rings is 1. The number of hydrogen-bond acceptors (Lipinski definition) is 2. The molecule has 0 spiro atoms. The zero-order chi connectivity index (χ0) is 17.6. The summed E-state index contributed by atoms with van der Waals surface area (Å²) in [5, 5.41) is 3.02. The molecule has 26 heavy (non-hydrogen) atoms. The van der Waals surface area contributed by atoms with Gasteiger partial charge in [-0.1, -0.05) is 18.2 Å². The molecule has 0 atom stereocenters. The fourth-order valence-corrected chi connectivity index (χ4v) is 6.79. The van der Waals surface area contributed by atoms with Crippen molar-refractivity contribution in [1.82, 2.24) is 9.80 Å². The quantitative estimate of drug-likeness (QED) is 0.890. The first kappa shape index (κ1) is 16.6. The van der Waals surface area contributed by atoms with Crippen molar-refractivity contribution < 1.29 is 4.79 Å². The Balaban J connectivity index is 1.15. The van der Waals surface area contributed by atoms with E-state index in [1.54, 1.807) is 0 Å². The van der Waals surface area contributed by atoms with Crippen LogP contribution in [0.3, 0.4) is 0 Å². The number of hydrogen-bond donors (Lipinski definition) is 1. The van der Waals surface area contributed by atoms with Crippen molar-refractivity contribution in [2.75, 3.05) is 38.0 Å². The summed E-state index contributed by atoms with van der Waals surface area (Å²) in [4.78, 5) is 17.1. The number of amides is 2. The number of carbonyl (C=O) groups excluding carboxylic acids is 1. The van der Waals surface area contributed by atoms with Gasteiger partial charge in [0.25, 0.3) is 0 Å². The summed E-state index contributed by atoms with van der Waals surface area (Å²) >= 11 is 0. The molecule has 1 saturated heterocycles. The maximum atomic E-state index is 12.5. The Morgan fingerprint density at radius 1 is 0.923 bits per heavy atom. The molecule has 0 aromatic heterocycles. The molecule has 0 radical (unpaired) electrons. The van der Waals surface area contributed by atoms with Crippen molar-refractivity contribution in [2.45, 2.75) is 38.5 Å². The molecular weight excluding hydrogens is 322 g/mol. The molecule has 1 N–H and O–H groups in total. The minimum absolute atomic E-state index is 0.0469. The Morgan fingerprint density at radius 2 is 1.50 bits per heavy atom. The number of anilines is 1. The zero-order valence-electron chi connectivity index (χ0n) is 15.7. The molecule has 1 aromatic carbocycles. The van der Waals surface area contributed by atoms with Crippen LogP contribution in [0.15, 0.2) is 30.3 Å².